The van der Waals surface area contributed by atoms with Crippen LogP contribution in [0.5, 0.6) is 0 Å². The fourth-order valence-corrected chi connectivity index (χ4v) is 5.12. The number of aryl methyl sites for hydroxylation is 1. The summed E-state index contributed by atoms with van der Waals surface area (Å²) in [5, 5.41) is 0. The first-order valence-corrected chi connectivity index (χ1v) is 10.6. The van der Waals surface area contributed by atoms with Crippen LogP contribution in [0.3, 0.4) is 0 Å². The Morgan fingerprint density at radius 2 is 1.54 bits per heavy atom. The zero-order valence-electron chi connectivity index (χ0n) is 16.3. The standard InChI is InChI=1S/C24H35FO/c1-26-18-2-3-19-6-12-22(13-7-19)23-14-8-20(9-15-23)4-5-21-10-16-24(25)17-11-21/h2-3,10-11,16-17,19-20,22-23H,4-9,12-15,18H2,1H3/b3-2+/t19-,20?,22-,23?. The lowest BCUT2D eigenvalue weighted by Crippen LogP contribution is -2.25. The molecule has 0 aromatic heterocycles. The van der Waals surface area contributed by atoms with Crippen molar-refractivity contribution >= 4 is 0 Å². The van der Waals surface area contributed by atoms with E-state index in [1.54, 1.807) is 19.2 Å². The Labute approximate surface area is 159 Å². The van der Waals surface area contributed by atoms with Gasteiger partial charge in [-0.25, -0.2) is 4.39 Å². The normalized spacial score (nSPS) is 29.9. The number of hydrogen-bond acceptors (Lipinski definition) is 1. The minimum Gasteiger partial charge on any atom is -0.381 e. The van der Waals surface area contributed by atoms with Crippen molar-refractivity contribution in [2.75, 3.05) is 13.7 Å². The van der Waals surface area contributed by atoms with Gasteiger partial charge in [-0.3, -0.25) is 0 Å². The van der Waals surface area contributed by atoms with Crippen molar-refractivity contribution in [1.29, 1.82) is 0 Å². The van der Waals surface area contributed by atoms with Crippen LogP contribution in [0.1, 0.15) is 63.4 Å². The molecule has 0 unspecified atom stereocenters. The number of methoxy groups -OCH3 is 1. The maximum absolute atomic E-state index is 13.0. The quantitative estimate of drug-likeness (QED) is 0.501. The number of benzene rings is 1. The molecule has 2 aliphatic rings. The molecule has 1 aromatic rings. The van der Waals surface area contributed by atoms with Gasteiger partial charge in [-0.1, -0.05) is 37.1 Å². The lowest BCUT2D eigenvalue weighted by Gasteiger charge is -2.37. The molecule has 0 aliphatic heterocycles. The molecule has 0 heterocycles. The van der Waals surface area contributed by atoms with Crippen molar-refractivity contribution in [3.8, 4) is 0 Å². The lowest BCUT2D eigenvalue weighted by atomic mass is 9.68. The summed E-state index contributed by atoms with van der Waals surface area (Å²) in [6.45, 7) is 0.752. The second kappa shape index (κ2) is 10.3. The highest BCUT2D eigenvalue weighted by molar-refractivity contribution is 5.16. The van der Waals surface area contributed by atoms with Gasteiger partial charge in [0.05, 0.1) is 6.61 Å². The van der Waals surface area contributed by atoms with Gasteiger partial charge < -0.3 is 4.74 Å². The van der Waals surface area contributed by atoms with Crippen LogP contribution in [0, 0.1) is 29.5 Å². The van der Waals surface area contributed by atoms with E-state index in [9.17, 15) is 4.39 Å². The fraction of sp³-hybridized carbons (Fsp3) is 0.667. The Balaban J connectivity index is 1.34. The topological polar surface area (TPSA) is 9.23 Å². The maximum atomic E-state index is 13.0. The summed E-state index contributed by atoms with van der Waals surface area (Å²) in [6.07, 6.45) is 18.2. The second-order valence-corrected chi connectivity index (χ2v) is 8.50. The van der Waals surface area contributed by atoms with E-state index in [1.807, 2.05) is 12.1 Å². The highest BCUT2D eigenvalue weighted by Crippen LogP contribution is 2.42. The Morgan fingerprint density at radius 1 is 0.923 bits per heavy atom. The summed E-state index contributed by atoms with van der Waals surface area (Å²) in [6, 6.07) is 7.07. The SMILES string of the molecule is COC/C=C/[C@H]1CC[C@H](C2CCC(CCc3ccc(F)cc3)CC2)CC1. The van der Waals surface area contributed by atoms with Crippen molar-refractivity contribution in [3.05, 3.63) is 47.8 Å². The number of ether oxygens (including phenoxy) is 1. The first kappa shape index (κ1) is 19.6. The monoisotopic (exact) mass is 358 g/mol. The molecular weight excluding hydrogens is 323 g/mol. The minimum absolute atomic E-state index is 0.127. The molecular formula is C24H35FO. The first-order chi connectivity index (χ1) is 12.7. The molecule has 2 fully saturated rings. The van der Waals surface area contributed by atoms with E-state index in [1.165, 1.54) is 63.4 Å². The molecule has 2 saturated carbocycles. The first-order valence-electron chi connectivity index (χ1n) is 10.6. The summed E-state index contributed by atoms with van der Waals surface area (Å²) < 4.78 is 18.1. The molecule has 1 nitrogen and oxygen atoms in total. The zero-order valence-corrected chi connectivity index (χ0v) is 16.3. The molecule has 0 saturated heterocycles. The van der Waals surface area contributed by atoms with Gasteiger partial charge in [-0.2, -0.15) is 0 Å². The predicted octanol–water partition coefficient (Wildman–Crippen LogP) is 6.57. The third-order valence-corrected chi connectivity index (χ3v) is 6.80. The smallest absolute Gasteiger partial charge is 0.123 e. The van der Waals surface area contributed by atoms with Gasteiger partial charge in [0.1, 0.15) is 5.82 Å². The van der Waals surface area contributed by atoms with Gasteiger partial charge >= 0.3 is 0 Å². The van der Waals surface area contributed by atoms with Gasteiger partial charge in [0.25, 0.3) is 0 Å². The van der Waals surface area contributed by atoms with E-state index in [2.05, 4.69) is 12.2 Å². The number of allylic oxidation sites excluding steroid dienone is 1. The lowest BCUT2D eigenvalue weighted by molar-refractivity contribution is 0.152. The molecule has 2 aliphatic carbocycles. The summed E-state index contributed by atoms with van der Waals surface area (Å²) >= 11 is 0. The maximum Gasteiger partial charge on any atom is 0.123 e. The van der Waals surface area contributed by atoms with Crippen LogP contribution >= 0.6 is 0 Å². The average Bonchev–Trinajstić information content (AvgIpc) is 2.69. The van der Waals surface area contributed by atoms with Crippen LogP contribution in [-0.4, -0.2) is 13.7 Å². The van der Waals surface area contributed by atoms with Crippen molar-refractivity contribution in [3.63, 3.8) is 0 Å². The molecule has 0 bridgehead atoms. The molecule has 0 amide bonds. The summed E-state index contributed by atoms with van der Waals surface area (Å²) in [4.78, 5) is 0. The minimum atomic E-state index is -0.127. The van der Waals surface area contributed by atoms with E-state index in [0.717, 1.165) is 36.7 Å². The van der Waals surface area contributed by atoms with E-state index >= 15 is 0 Å². The van der Waals surface area contributed by atoms with E-state index in [4.69, 9.17) is 4.74 Å². The van der Waals surface area contributed by atoms with Crippen molar-refractivity contribution in [2.24, 2.45) is 23.7 Å². The van der Waals surface area contributed by atoms with Crippen LogP contribution in [0.25, 0.3) is 0 Å². The highest BCUT2D eigenvalue weighted by Gasteiger charge is 2.30. The highest BCUT2D eigenvalue weighted by atomic mass is 19.1. The van der Waals surface area contributed by atoms with E-state index in [-0.39, 0.29) is 5.82 Å². The summed E-state index contributed by atoms with van der Waals surface area (Å²) in [7, 11) is 1.76. The number of halogens is 1. The Kier molecular flexibility index (Phi) is 7.73. The summed E-state index contributed by atoms with van der Waals surface area (Å²) in [5.74, 6) is 3.48. The van der Waals surface area contributed by atoms with Gasteiger partial charge in [0.15, 0.2) is 0 Å². The molecule has 0 spiro atoms. The molecule has 0 atom stereocenters. The molecule has 0 radical (unpaired) electrons. The van der Waals surface area contributed by atoms with Gasteiger partial charge in [-0.05, 0) is 92.7 Å². The van der Waals surface area contributed by atoms with Crippen LogP contribution < -0.4 is 0 Å². The van der Waals surface area contributed by atoms with E-state index < -0.39 is 0 Å². The van der Waals surface area contributed by atoms with Crippen LogP contribution in [-0.2, 0) is 11.2 Å². The average molecular weight is 359 g/mol. The second-order valence-electron chi connectivity index (χ2n) is 8.50. The molecule has 144 valence electrons. The molecule has 2 heteroatoms. The molecule has 0 N–H and O–H groups in total. The van der Waals surface area contributed by atoms with Crippen molar-refractivity contribution < 1.29 is 9.13 Å². The molecule has 26 heavy (non-hydrogen) atoms. The predicted molar refractivity (Wildman–Crippen MR) is 107 cm³/mol. The molecule has 1 aromatic carbocycles. The van der Waals surface area contributed by atoms with Crippen molar-refractivity contribution in [1.82, 2.24) is 0 Å². The Morgan fingerprint density at radius 3 is 2.15 bits per heavy atom. The fourth-order valence-electron chi connectivity index (χ4n) is 5.12. The van der Waals surface area contributed by atoms with Crippen LogP contribution in [0.2, 0.25) is 0 Å². The Bertz CT molecular complexity index is 534. The zero-order chi connectivity index (χ0) is 18.2. The van der Waals surface area contributed by atoms with Gasteiger partial charge in [0.2, 0.25) is 0 Å². The molecule has 3 rings (SSSR count). The third-order valence-electron chi connectivity index (χ3n) is 6.80. The van der Waals surface area contributed by atoms with Gasteiger partial charge in [0, 0.05) is 7.11 Å². The largest absolute Gasteiger partial charge is 0.381 e. The number of rotatable bonds is 7. The Hall–Kier alpha value is -1.15. The number of hydrogen-bond donors (Lipinski definition) is 0. The van der Waals surface area contributed by atoms with Gasteiger partial charge in [-0.15, -0.1) is 0 Å². The van der Waals surface area contributed by atoms with Crippen LogP contribution in [0.15, 0.2) is 36.4 Å². The summed E-state index contributed by atoms with van der Waals surface area (Å²) in [5.41, 5.74) is 1.29. The van der Waals surface area contributed by atoms with Crippen molar-refractivity contribution in [2.45, 2.75) is 64.2 Å². The van der Waals surface area contributed by atoms with Crippen LogP contribution in [0.4, 0.5) is 4.39 Å². The third kappa shape index (κ3) is 5.94. The van der Waals surface area contributed by atoms with E-state index in [0.29, 0.717) is 0 Å².